The van der Waals surface area contributed by atoms with Crippen LogP contribution in [0.4, 0.5) is 0 Å². The number of allylic oxidation sites excluding steroid dienone is 1. The first-order valence-electron chi connectivity index (χ1n) is 5.03. The largest absolute Gasteiger partial charge is 0.263 e. The molecule has 3 heteroatoms. The molecule has 0 atom stereocenters. The Bertz CT molecular complexity index is 558. The fourth-order valence-electron chi connectivity index (χ4n) is 1.61. The molecule has 1 nitrogen and oxygen atoms in total. The first-order valence-corrected chi connectivity index (χ1v) is 9.14. The van der Waals surface area contributed by atoms with Crippen molar-refractivity contribution in [3.63, 3.8) is 0 Å². The van der Waals surface area contributed by atoms with Crippen LogP contribution in [-0.4, -0.2) is 15.5 Å². The summed E-state index contributed by atoms with van der Waals surface area (Å²) < 4.78 is 4.60. The van der Waals surface area contributed by atoms with E-state index in [-0.39, 0.29) is 20.7 Å². The molecule has 0 saturated carbocycles. The molecular weight excluding hydrogens is 329 g/mol. The number of rotatable bonds is 2. The molecule has 0 radical (unpaired) electrons. The van der Waals surface area contributed by atoms with Gasteiger partial charge in [0.15, 0.2) is 0 Å². The van der Waals surface area contributed by atoms with Gasteiger partial charge >= 0.3 is 0 Å². The van der Waals surface area contributed by atoms with Crippen LogP contribution in [0.3, 0.4) is 0 Å². The number of nitrogens with one attached hydrogen (secondary N) is 1. The first-order chi connectivity index (χ1) is 7.85. The second-order valence-electron chi connectivity index (χ2n) is 3.35. The lowest BCUT2D eigenvalue weighted by Crippen LogP contribution is -2.29. The molecule has 0 bridgehead atoms. The van der Waals surface area contributed by atoms with Crippen molar-refractivity contribution in [2.45, 2.75) is 0 Å². The van der Waals surface area contributed by atoms with Gasteiger partial charge in [0.05, 0.1) is 0 Å². The van der Waals surface area contributed by atoms with Crippen molar-refractivity contribution in [3.05, 3.63) is 45.7 Å². The molecular formula is C13H14INS. The van der Waals surface area contributed by atoms with Gasteiger partial charge in [0.1, 0.15) is 0 Å². The molecule has 1 aromatic carbocycles. The van der Waals surface area contributed by atoms with Gasteiger partial charge in [0, 0.05) is 3.51 Å². The number of alkyl halides is 1. The van der Waals surface area contributed by atoms with Gasteiger partial charge in [-0.25, -0.2) is 0 Å². The van der Waals surface area contributed by atoms with Gasteiger partial charge in [-0.15, -0.1) is 20.7 Å². The summed E-state index contributed by atoms with van der Waals surface area (Å²) in [5, 5.41) is 4.88. The molecule has 1 aromatic rings. The molecule has 1 N–H and O–H groups in total. The number of fused-ring (bicyclic) bond motifs is 1. The van der Waals surface area contributed by atoms with E-state index in [1.807, 2.05) is 7.05 Å². The average Bonchev–Trinajstić information content (AvgIpc) is 2.35. The van der Waals surface area contributed by atoms with Gasteiger partial charge in [0.2, 0.25) is 0 Å². The summed E-state index contributed by atoms with van der Waals surface area (Å²) in [6.45, 7) is 0. The summed E-state index contributed by atoms with van der Waals surface area (Å²) in [5.41, 5.74) is 1.37. The Morgan fingerprint density at radius 1 is 1.19 bits per heavy atom. The van der Waals surface area contributed by atoms with E-state index < -0.39 is 0 Å². The minimum Gasteiger partial charge on any atom is -0.263 e. The Kier molecular flexibility index (Phi) is 4.37. The maximum Gasteiger partial charge on any atom is 0.0120 e. The van der Waals surface area contributed by atoms with Crippen LogP contribution in [0.15, 0.2) is 35.2 Å². The SMILES string of the molecule is CNS/C=C1/C=c2ccccc2=CC1=IC. The molecule has 84 valence electrons. The van der Waals surface area contributed by atoms with Crippen LogP contribution in [0.25, 0.3) is 12.2 Å². The van der Waals surface area contributed by atoms with Gasteiger partial charge in [-0.1, -0.05) is 36.2 Å². The predicted molar refractivity (Wildman–Crippen MR) is 84.3 cm³/mol. The van der Waals surface area contributed by atoms with E-state index in [9.17, 15) is 0 Å². The number of hydrogen-bond donors (Lipinski definition) is 1. The zero-order valence-corrected chi connectivity index (χ0v) is 12.3. The van der Waals surface area contributed by atoms with Crippen molar-refractivity contribution >= 4 is 48.3 Å². The van der Waals surface area contributed by atoms with E-state index in [0.717, 1.165) is 0 Å². The first kappa shape index (κ1) is 12.1. The van der Waals surface area contributed by atoms with Crippen molar-refractivity contribution in [3.8, 4) is 0 Å². The third kappa shape index (κ3) is 2.64. The Balaban J connectivity index is 2.56. The van der Waals surface area contributed by atoms with Crippen molar-refractivity contribution in [1.82, 2.24) is 4.72 Å². The molecule has 0 amide bonds. The molecule has 0 heterocycles. The molecule has 0 fully saturated rings. The second-order valence-corrected chi connectivity index (χ2v) is 6.47. The van der Waals surface area contributed by atoms with Gasteiger partial charge in [-0.3, -0.25) is 4.72 Å². The predicted octanol–water partition coefficient (Wildman–Crippen LogP) is 1.79. The minimum atomic E-state index is 0.123. The summed E-state index contributed by atoms with van der Waals surface area (Å²) in [4.78, 5) is 2.31. The van der Waals surface area contributed by atoms with Crippen LogP contribution in [0.2, 0.25) is 0 Å². The quantitative estimate of drug-likeness (QED) is 0.499. The summed E-state index contributed by atoms with van der Waals surface area (Å²) in [7, 11) is 1.95. The van der Waals surface area contributed by atoms with E-state index in [0.29, 0.717) is 0 Å². The summed E-state index contributed by atoms with van der Waals surface area (Å²) in [5.74, 6) is 0. The van der Waals surface area contributed by atoms with Gasteiger partial charge in [-0.2, -0.15) is 0 Å². The van der Waals surface area contributed by atoms with E-state index in [1.165, 1.54) is 19.5 Å². The van der Waals surface area contributed by atoms with E-state index >= 15 is 0 Å². The topological polar surface area (TPSA) is 12.0 Å². The fraction of sp³-hybridized carbons (Fsp3) is 0.154. The van der Waals surface area contributed by atoms with Crippen LogP contribution in [0, 0.1) is 0 Å². The van der Waals surface area contributed by atoms with Gasteiger partial charge in [-0.05, 0) is 45.5 Å². The lowest BCUT2D eigenvalue weighted by Gasteiger charge is -2.08. The van der Waals surface area contributed by atoms with Gasteiger partial charge < -0.3 is 0 Å². The van der Waals surface area contributed by atoms with Crippen LogP contribution >= 0.6 is 32.7 Å². The Hall–Kier alpha value is -0.390. The highest BCUT2D eigenvalue weighted by Crippen LogP contribution is 2.14. The van der Waals surface area contributed by atoms with Crippen molar-refractivity contribution in [2.24, 2.45) is 0 Å². The van der Waals surface area contributed by atoms with Crippen molar-refractivity contribution < 1.29 is 0 Å². The Labute approximate surface area is 110 Å². The third-order valence-corrected chi connectivity index (χ3v) is 5.08. The van der Waals surface area contributed by atoms with Crippen LogP contribution < -0.4 is 15.2 Å². The summed E-state index contributed by atoms with van der Waals surface area (Å²) in [6, 6.07) is 8.56. The molecule has 0 aromatic heterocycles. The third-order valence-electron chi connectivity index (χ3n) is 2.37. The lowest BCUT2D eigenvalue weighted by molar-refractivity contribution is 1.31. The maximum absolute atomic E-state index is 3.09. The molecule has 0 spiro atoms. The minimum absolute atomic E-state index is 0.123. The number of benzene rings is 1. The van der Waals surface area contributed by atoms with Crippen molar-refractivity contribution in [1.29, 1.82) is 0 Å². The summed E-state index contributed by atoms with van der Waals surface area (Å²) in [6.07, 6.45) is 4.63. The Morgan fingerprint density at radius 3 is 2.50 bits per heavy atom. The molecule has 2 rings (SSSR count). The van der Waals surface area contributed by atoms with Crippen molar-refractivity contribution in [2.75, 3.05) is 12.0 Å². The van der Waals surface area contributed by atoms with E-state index in [4.69, 9.17) is 0 Å². The molecule has 16 heavy (non-hydrogen) atoms. The van der Waals surface area contributed by atoms with Gasteiger partial charge in [0.25, 0.3) is 0 Å². The maximum atomic E-state index is 3.09. The van der Waals surface area contributed by atoms with Crippen LogP contribution in [0.1, 0.15) is 0 Å². The van der Waals surface area contributed by atoms with Crippen LogP contribution in [0.5, 0.6) is 0 Å². The highest BCUT2D eigenvalue weighted by atomic mass is 127. The monoisotopic (exact) mass is 343 g/mol. The molecule has 1 aliphatic carbocycles. The lowest BCUT2D eigenvalue weighted by atomic mass is 10.0. The smallest absolute Gasteiger partial charge is 0.0120 e. The highest BCUT2D eigenvalue weighted by Gasteiger charge is 2.04. The average molecular weight is 343 g/mol. The standard InChI is InChI=1S/C13H14INS/c1-14-13-8-11-6-4-3-5-10(11)7-12(13)9-16-15-2/h3-9,15H,1-2H3/b12-9-. The van der Waals surface area contributed by atoms with E-state index in [2.05, 4.69) is 51.5 Å². The molecule has 0 saturated heterocycles. The molecule has 0 unspecified atom stereocenters. The zero-order chi connectivity index (χ0) is 11.4. The van der Waals surface area contributed by atoms with Crippen LogP contribution in [-0.2, 0) is 0 Å². The normalized spacial score (nSPS) is 19.6. The zero-order valence-electron chi connectivity index (χ0n) is 9.33. The fourth-order valence-corrected chi connectivity index (χ4v) is 3.84. The number of halogens is 1. The Morgan fingerprint density at radius 2 is 1.88 bits per heavy atom. The number of hydrogen-bond acceptors (Lipinski definition) is 2. The summed E-state index contributed by atoms with van der Waals surface area (Å²) >= 11 is 1.76. The molecule has 0 aliphatic heterocycles. The van der Waals surface area contributed by atoms with E-state index in [1.54, 1.807) is 11.9 Å². The second kappa shape index (κ2) is 5.80. The molecule has 1 aliphatic rings. The highest BCUT2D eigenvalue weighted by molar-refractivity contribution is 14.2.